The minimum atomic E-state index is -1.93. The maximum atomic E-state index is 13.0. The van der Waals surface area contributed by atoms with Crippen molar-refractivity contribution in [1.82, 2.24) is 0 Å². The molecular formula is C33H44O16S12. The molecule has 0 aromatic rings. The van der Waals surface area contributed by atoms with E-state index in [0.717, 1.165) is 94.1 Å². The van der Waals surface area contributed by atoms with Crippen LogP contribution in [0.2, 0.25) is 0 Å². The molecule has 61 heavy (non-hydrogen) atoms. The Kier molecular flexibility index (Phi) is 33.0. The monoisotopic (exact) mass is 1080 g/mol. The van der Waals surface area contributed by atoms with E-state index >= 15 is 0 Å². The Morgan fingerprint density at radius 1 is 0.459 bits per heavy atom. The SMILES string of the molecule is CC(SC(=S)SCCC(=O)COC(COC(=O)CCSC(=S)SC(C)C(=O)O)(COC(=O)CCSC(=S)SC(C)C(=O)O)COC(=O)CCSC(=S)SC(C)C(=O)O)C(=O)O. The van der Waals surface area contributed by atoms with Gasteiger partial charge in [0.15, 0.2) is 11.4 Å². The van der Waals surface area contributed by atoms with Crippen LogP contribution in [0.1, 0.15) is 53.4 Å². The lowest BCUT2D eigenvalue weighted by Crippen LogP contribution is -2.49. The van der Waals surface area contributed by atoms with Crippen molar-refractivity contribution in [2.45, 2.75) is 80.0 Å². The first-order valence-electron chi connectivity index (χ1n) is 17.3. The fourth-order valence-electron chi connectivity index (χ4n) is 3.22. The van der Waals surface area contributed by atoms with Crippen molar-refractivity contribution in [3.05, 3.63) is 0 Å². The van der Waals surface area contributed by atoms with Gasteiger partial charge in [0.25, 0.3) is 0 Å². The third-order valence-electron chi connectivity index (χ3n) is 6.69. The number of rotatable bonds is 29. The first-order valence-corrected chi connectivity index (χ1v) is 26.4. The van der Waals surface area contributed by atoms with Gasteiger partial charge in [0, 0.05) is 29.4 Å². The number of ether oxygens (including phenoxy) is 4. The van der Waals surface area contributed by atoms with Gasteiger partial charge in [-0.25, -0.2) is 0 Å². The molecule has 0 rings (SSSR count). The number of thioether (sulfide) groups is 8. The van der Waals surface area contributed by atoms with Gasteiger partial charge in [0.2, 0.25) is 0 Å². The molecule has 4 atom stereocenters. The number of carboxylic acids is 4. The van der Waals surface area contributed by atoms with Crippen LogP contribution in [0.15, 0.2) is 0 Å². The van der Waals surface area contributed by atoms with Crippen molar-refractivity contribution in [2.24, 2.45) is 0 Å². The predicted octanol–water partition coefficient (Wildman–Crippen LogP) is 6.40. The van der Waals surface area contributed by atoms with Crippen molar-refractivity contribution >= 4 is 205 Å². The Labute approximate surface area is 408 Å². The van der Waals surface area contributed by atoms with Crippen LogP contribution in [0.4, 0.5) is 0 Å². The fraction of sp³-hybridized carbons (Fsp3) is 0.636. The minimum absolute atomic E-state index is 0.0941. The van der Waals surface area contributed by atoms with Crippen molar-refractivity contribution in [3.63, 3.8) is 0 Å². The van der Waals surface area contributed by atoms with Crippen molar-refractivity contribution in [3.8, 4) is 0 Å². The molecule has 0 aliphatic rings. The van der Waals surface area contributed by atoms with Gasteiger partial charge in [-0.05, 0) is 27.7 Å². The van der Waals surface area contributed by atoms with E-state index in [2.05, 4.69) is 0 Å². The highest BCUT2D eigenvalue weighted by atomic mass is 32.2. The molecule has 0 saturated carbocycles. The second-order valence-corrected chi connectivity index (χ2v) is 26.3. The minimum Gasteiger partial charge on any atom is -0.480 e. The number of aliphatic carboxylic acids is 4. The lowest BCUT2D eigenvalue weighted by Gasteiger charge is -2.32. The molecule has 4 N–H and O–H groups in total. The Morgan fingerprint density at radius 2 is 0.705 bits per heavy atom. The smallest absolute Gasteiger partial charge is 0.316 e. The lowest BCUT2D eigenvalue weighted by atomic mass is 10.1. The molecule has 0 spiro atoms. The van der Waals surface area contributed by atoms with Crippen molar-refractivity contribution in [2.75, 3.05) is 49.4 Å². The lowest BCUT2D eigenvalue weighted by molar-refractivity contribution is -0.187. The van der Waals surface area contributed by atoms with Gasteiger partial charge in [-0.15, -0.1) is 47.0 Å². The fourth-order valence-corrected chi connectivity index (χ4v) is 13.1. The van der Waals surface area contributed by atoms with Crippen LogP contribution >= 0.6 is 143 Å². The van der Waals surface area contributed by atoms with Gasteiger partial charge in [-0.1, -0.05) is 95.9 Å². The molecule has 344 valence electrons. The third-order valence-corrected chi connectivity index (χ3v) is 17.4. The highest BCUT2D eigenvalue weighted by Crippen LogP contribution is 2.27. The molecule has 0 aliphatic carbocycles. The normalized spacial score (nSPS) is 13.9. The average molecular weight is 1080 g/mol. The van der Waals surface area contributed by atoms with Crippen LogP contribution in [-0.4, -0.2) is 158 Å². The van der Waals surface area contributed by atoms with E-state index in [-0.39, 0.29) is 59.3 Å². The third kappa shape index (κ3) is 30.8. The zero-order chi connectivity index (χ0) is 46.7. The number of carbonyl (C=O) groups excluding carboxylic acids is 4. The van der Waals surface area contributed by atoms with Gasteiger partial charge in [0.1, 0.15) is 61.5 Å². The largest absolute Gasteiger partial charge is 0.480 e. The molecule has 0 radical (unpaired) electrons. The summed E-state index contributed by atoms with van der Waals surface area (Å²) in [5.74, 6) is -6.55. The number of ketones is 1. The number of carboxylic acid groups (broad SMARTS) is 4. The van der Waals surface area contributed by atoms with E-state index in [1.165, 1.54) is 27.7 Å². The number of thiocarbonyl (C=S) groups is 4. The number of hydrogen-bond donors (Lipinski definition) is 4. The van der Waals surface area contributed by atoms with E-state index in [4.69, 9.17) is 88.2 Å². The zero-order valence-electron chi connectivity index (χ0n) is 32.9. The van der Waals surface area contributed by atoms with Crippen LogP contribution in [0.5, 0.6) is 0 Å². The molecule has 0 aromatic carbocycles. The summed E-state index contributed by atoms with van der Waals surface area (Å²) in [6.45, 7) is 3.19. The summed E-state index contributed by atoms with van der Waals surface area (Å²) in [6.07, 6.45) is -0.712. The van der Waals surface area contributed by atoms with E-state index in [1.54, 1.807) is 0 Å². The van der Waals surface area contributed by atoms with Gasteiger partial charge < -0.3 is 39.4 Å². The second-order valence-electron chi connectivity index (χ2n) is 11.8. The Hall–Kier alpha value is -0.920. The zero-order valence-corrected chi connectivity index (χ0v) is 42.7. The number of carbonyl (C=O) groups is 8. The molecule has 4 unspecified atom stereocenters. The van der Waals surface area contributed by atoms with E-state index in [9.17, 15) is 38.4 Å². The van der Waals surface area contributed by atoms with Crippen molar-refractivity contribution < 1.29 is 77.7 Å². The topological polar surface area (TPSA) is 254 Å². The van der Waals surface area contributed by atoms with E-state index < -0.39 is 101 Å². The van der Waals surface area contributed by atoms with Crippen LogP contribution in [-0.2, 0) is 57.3 Å². The molecular weight excluding hydrogens is 1040 g/mol. The summed E-state index contributed by atoms with van der Waals surface area (Å²) in [6, 6.07) is 0. The van der Waals surface area contributed by atoms with Gasteiger partial charge >= 0.3 is 41.8 Å². The highest BCUT2D eigenvalue weighted by molar-refractivity contribution is 8.49. The summed E-state index contributed by atoms with van der Waals surface area (Å²) < 4.78 is 23.6. The number of esters is 3. The first-order chi connectivity index (χ1) is 28.5. The molecule has 0 aliphatic heterocycles. The molecule has 0 fully saturated rings. The summed E-state index contributed by atoms with van der Waals surface area (Å²) >= 11 is 28.7. The molecule has 0 saturated heterocycles. The quantitative estimate of drug-likeness (QED) is 0.0359. The van der Waals surface area contributed by atoms with Crippen molar-refractivity contribution in [1.29, 1.82) is 0 Å². The van der Waals surface area contributed by atoms with Gasteiger partial charge in [0.05, 0.1) is 19.3 Å². The number of Topliss-reactive ketones (excluding diaryl/α,β-unsaturated/α-hetero) is 1. The maximum Gasteiger partial charge on any atom is 0.316 e. The van der Waals surface area contributed by atoms with Crippen LogP contribution in [0, 0.1) is 0 Å². The van der Waals surface area contributed by atoms with Crippen LogP contribution < -0.4 is 0 Å². The summed E-state index contributed by atoms with van der Waals surface area (Å²) in [5.41, 5.74) is -1.93. The summed E-state index contributed by atoms with van der Waals surface area (Å²) in [5, 5.41) is 33.3. The van der Waals surface area contributed by atoms with Gasteiger partial charge in [-0.3, -0.25) is 38.4 Å². The first kappa shape index (κ1) is 60.1. The Balaban J connectivity index is 6.05. The maximum absolute atomic E-state index is 13.0. The van der Waals surface area contributed by atoms with E-state index in [1.807, 2.05) is 0 Å². The summed E-state index contributed by atoms with van der Waals surface area (Å²) in [4.78, 5) is 96.3. The Bertz CT molecular complexity index is 1370. The Morgan fingerprint density at radius 3 is 0.951 bits per heavy atom. The molecule has 28 heteroatoms. The van der Waals surface area contributed by atoms with Crippen LogP contribution in [0.25, 0.3) is 0 Å². The van der Waals surface area contributed by atoms with Crippen LogP contribution in [0.3, 0.4) is 0 Å². The molecule has 0 bridgehead atoms. The summed E-state index contributed by atoms with van der Waals surface area (Å²) in [7, 11) is 0. The number of hydrogen-bond acceptors (Lipinski definition) is 24. The molecule has 0 heterocycles. The highest BCUT2D eigenvalue weighted by Gasteiger charge is 2.38. The molecule has 16 nitrogen and oxygen atoms in total. The predicted molar refractivity (Wildman–Crippen MR) is 264 cm³/mol. The standard InChI is InChI=1S/C33H44O16S12/c1-17(25(38)39)58-29(50)54-9-5-21(34)13-49-33(14-46-22(35)6-10-55-30(51)59-18(2)26(40)41,15-47-23(36)7-11-56-31(52)60-19(3)27(42)43)16-48-24(37)8-12-57-32(53)61-20(4)28(44)45/h17-20H,5-16H2,1-4H3,(H,38,39)(H,40,41)(H,42,43)(H,44,45). The average Bonchev–Trinajstić information content (AvgIpc) is 3.16. The second kappa shape index (κ2) is 33.5. The molecule has 0 amide bonds. The molecule has 0 aromatic heterocycles. The van der Waals surface area contributed by atoms with E-state index in [0.29, 0.717) is 3.53 Å². The van der Waals surface area contributed by atoms with Gasteiger partial charge in [-0.2, -0.15) is 0 Å².